The second kappa shape index (κ2) is 5.25. The Bertz CT molecular complexity index is 535. The number of rotatable bonds is 3. The highest BCUT2D eigenvalue weighted by atomic mass is 16.5. The first-order valence-corrected chi connectivity index (χ1v) is 5.73. The van der Waals surface area contributed by atoms with Crippen LogP contribution in [0.5, 0.6) is 5.75 Å². The number of hydrogen-bond acceptors (Lipinski definition) is 3. The third kappa shape index (κ3) is 2.55. The summed E-state index contributed by atoms with van der Waals surface area (Å²) < 4.78 is 5.10. The van der Waals surface area contributed by atoms with Crippen molar-refractivity contribution in [1.82, 2.24) is 0 Å². The largest absolute Gasteiger partial charge is 0.497 e. The average molecular weight is 242 g/mol. The van der Waals surface area contributed by atoms with Gasteiger partial charge in [0.2, 0.25) is 0 Å². The first-order valence-electron chi connectivity index (χ1n) is 5.73. The van der Waals surface area contributed by atoms with Crippen molar-refractivity contribution >= 4 is 12.6 Å². The van der Waals surface area contributed by atoms with Crippen molar-refractivity contribution < 1.29 is 14.8 Å². The molecule has 0 amide bonds. The Balaban J connectivity index is 2.48. The van der Waals surface area contributed by atoms with Crippen molar-refractivity contribution in [2.24, 2.45) is 0 Å². The SMILES string of the molecule is COc1ccc(-c2ccc(C)cc2B(O)O)cc1. The van der Waals surface area contributed by atoms with E-state index in [1.54, 1.807) is 13.2 Å². The van der Waals surface area contributed by atoms with Gasteiger partial charge in [-0.2, -0.15) is 0 Å². The van der Waals surface area contributed by atoms with Gasteiger partial charge in [0.1, 0.15) is 5.75 Å². The summed E-state index contributed by atoms with van der Waals surface area (Å²) in [6.07, 6.45) is 0. The van der Waals surface area contributed by atoms with Crippen molar-refractivity contribution in [3.05, 3.63) is 48.0 Å². The summed E-state index contributed by atoms with van der Waals surface area (Å²) in [6, 6.07) is 13.1. The molecule has 0 saturated heterocycles. The summed E-state index contributed by atoms with van der Waals surface area (Å²) in [5, 5.41) is 18.8. The fraction of sp³-hybridized carbons (Fsp3) is 0.143. The van der Waals surface area contributed by atoms with Crippen LogP contribution in [0.3, 0.4) is 0 Å². The quantitative estimate of drug-likeness (QED) is 0.799. The Hall–Kier alpha value is -1.78. The molecule has 0 spiro atoms. The fourth-order valence-electron chi connectivity index (χ4n) is 1.93. The molecule has 0 bridgehead atoms. The molecule has 2 aromatic carbocycles. The van der Waals surface area contributed by atoms with E-state index >= 15 is 0 Å². The molecule has 0 atom stereocenters. The minimum atomic E-state index is -1.47. The highest BCUT2D eigenvalue weighted by Crippen LogP contribution is 2.21. The molecule has 0 saturated carbocycles. The van der Waals surface area contributed by atoms with E-state index < -0.39 is 7.12 Å². The Morgan fingerprint density at radius 1 is 1.00 bits per heavy atom. The van der Waals surface area contributed by atoms with E-state index in [4.69, 9.17) is 4.74 Å². The minimum Gasteiger partial charge on any atom is -0.497 e. The average Bonchev–Trinajstić information content (AvgIpc) is 2.39. The van der Waals surface area contributed by atoms with Crippen LogP contribution < -0.4 is 10.2 Å². The number of benzene rings is 2. The standard InChI is InChI=1S/C14H15BO3/c1-10-3-8-13(14(9-10)15(16)17)11-4-6-12(18-2)7-5-11/h3-9,16-17H,1-2H3. The van der Waals surface area contributed by atoms with Crippen molar-refractivity contribution in [1.29, 1.82) is 0 Å². The van der Waals surface area contributed by atoms with Gasteiger partial charge in [-0.05, 0) is 35.6 Å². The first-order chi connectivity index (χ1) is 8.61. The monoisotopic (exact) mass is 242 g/mol. The van der Waals surface area contributed by atoms with Crippen LogP contribution in [0.15, 0.2) is 42.5 Å². The van der Waals surface area contributed by atoms with Gasteiger partial charge in [-0.15, -0.1) is 0 Å². The third-order valence-electron chi connectivity index (χ3n) is 2.89. The topological polar surface area (TPSA) is 49.7 Å². The van der Waals surface area contributed by atoms with Gasteiger partial charge in [0.15, 0.2) is 0 Å². The molecule has 2 aromatic rings. The van der Waals surface area contributed by atoms with Crippen molar-refractivity contribution in [2.75, 3.05) is 7.11 Å². The Labute approximate surface area is 107 Å². The molecular weight excluding hydrogens is 227 g/mol. The molecule has 0 aliphatic carbocycles. The van der Waals surface area contributed by atoms with E-state index in [-0.39, 0.29) is 0 Å². The van der Waals surface area contributed by atoms with Crippen LogP contribution in [0.25, 0.3) is 11.1 Å². The van der Waals surface area contributed by atoms with Gasteiger partial charge in [-0.1, -0.05) is 35.9 Å². The first kappa shape index (κ1) is 12.7. The summed E-state index contributed by atoms with van der Waals surface area (Å²) in [5.74, 6) is 0.775. The van der Waals surface area contributed by atoms with E-state index in [1.165, 1.54) is 0 Å². The maximum absolute atomic E-state index is 9.42. The third-order valence-corrected chi connectivity index (χ3v) is 2.89. The van der Waals surface area contributed by atoms with Gasteiger partial charge < -0.3 is 14.8 Å². The van der Waals surface area contributed by atoms with Crippen LogP contribution in [0.1, 0.15) is 5.56 Å². The zero-order valence-corrected chi connectivity index (χ0v) is 10.4. The molecule has 3 nitrogen and oxygen atoms in total. The second-order valence-corrected chi connectivity index (χ2v) is 4.19. The molecule has 0 fully saturated rings. The molecule has 0 unspecified atom stereocenters. The van der Waals surface area contributed by atoms with Gasteiger partial charge in [-0.3, -0.25) is 0 Å². The normalized spacial score (nSPS) is 10.2. The highest BCUT2D eigenvalue weighted by Gasteiger charge is 2.17. The molecule has 0 heterocycles. The molecular formula is C14H15BO3. The van der Waals surface area contributed by atoms with Crippen molar-refractivity contribution in [3.8, 4) is 16.9 Å². The zero-order chi connectivity index (χ0) is 13.1. The molecule has 0 radical (unpaired) electrons. The van der Waals surface area contributed by atoms with Crippen LogP contribution in [0, 0.1) is 6.92 Å². The maximum atomic E-state index is 9.42. The molecule has 0 aliphatic heterocycles. The number of hydrogen-bond donors (Lipinski definition) is 2. The molecule has 4 heteroatoms. The van der Waals surface area contributed by atoms with E-state index in [2.05, 4.69) is 0 Å². The second-order valence-electron chi connectivity index (χ2n) is 4.19. The summed E-state index contributed by atoms with van der Waals surface area (Å²) >= 11 is 0. The van der Waals surface area contributed by atoms with Crippen LogP contribution in [-0.4, -0.2) is 24.3 Å². The van der Waals surface area contributed by atoms with Gasteiger partial charge in [-0.25, -0.2) is 0 Å². The zero-order valence-electron chi connectivity index (χ0n) is 10.4. The summed E-state index contributed by atoms with van der Waals surface area (Å²) in [7, 11) is 0.145. The smallest absolute Gasteiger partial charge is 0.489 e. The summed E-state index contributed by atoms with van der Waals surface area (Å²) in [5.41, 5.74) is 3.26. The predicted molar refractivity (Wildman–Crippen MR) is 73.0 cm³/mol. The molecule has 92 valence electrons. The molecule has 0 aliphatic rings. The Kier molecular flexibility index (Phi) is 3.70. The van der Waals surface area contributed by atoms with Crippen LogP contribution in [0.4, 0.5) is 0 Å². The summed E-state index contributed by atoms with van der Waals surface area (Å²) in [6.45, 7) is 1.92. The van der Waals surface area contributed by atoms with Crippen LogP contribution in [0.2, 0.25) is 0 Å². The van der Waals surface area contributed by atoms with Crippen molar-refractivity contribution in [2.45, 2.75) is 6.92 Å². The number of aryl methyl sites for hydroxylation is 1. The lowest BCUT2D eigenvalue weighted by atomic mass is 9.75. The predicted octanol–water partition coefficient (Wildman–Crippen LogP) is 1.35. The lowest BCUT2D eigenvalue weighted by Gasteiger charge is -2.10. The van der Waals surface area contributed by atoms with E-state index in [9.17, 15) is 10.0 Å². The Morgan fingerprint density at radius 3 is 2.22 bits per heavy atom. The fourth-order valence-corrected chi connectivity index (χ4v) is 1.93. The number of ether oxygens (including phenoxy) is 1. The molecule has 0 aromatic heterocycles. The number of methoxy groups -OCH3 is 1. The van der Waals surface area contributed by atoms with E-state index in [0.717, 1.165) is 22.4 Å². The van der Waals surface area contributed by atoms with E-state index in [1.807, 2.05) is 43.3 Å². The highest BCUT2D eigenvalue weighted by molar-refractivity contribution is 6.60. The van der Waals surface area contributed by atoms with Gasteiger partial charge >= 0.3 is 7.12 Å². The van der Waals surface area contributed by atoms with Crippen LogP contribution >= 0.6 is 0 Å². The molecule has 18 heavy (non-hydrogen) atoms. The van der Waals surface area contributed by atoms with E-state index in [0.29, 0.717) is 5.46 Å². The summed E-state index contributed by atoms with van der Waals surface area (Å²) in [4.78, 5) is 0. The maximum Gasteiger partial charge on any atom is 0.489 e. The van der Waals surface area contributed by atoms with Crippen molar-refractivity contribution in [3.63, 3.8) is 0 Å². The van der Waals surface area contributed by atoms with Gasteiger partial charge in [0.05, 0.1) is 7.11 Å². The van der Waals surface area contributed by atoms with Gasteiger partial charge in [0, 0.05) is 0 Å². The lowest BCUT2D eigenvalue weighted by molar-refractivity contribution is 0.415. The Morgan fingerprint density at radius 2 is 1.67 bits per heavy atom. The molecule has 2 rings (SSSR count). The minimum absolute atomic E-state index is 0.514. The van der Waals surface area contributed by atoms with Gasteiger partial charge in [0.25, 0.3) is 0 Å². The lowest BCUT2D eigenvalue weighted by Crippen LogP contribution is -2.31. The van der Waals surface area contributed by atoms with Crippen LogP contribution in [-0.2, 0) is 0 Å². The molecule has 2 N–H and O–H groups in total.